The molecule has 1 N–H and O–H groups in total. The summed E-state index contributed by atoms with van der Waals surface area (Å²) in [5.41, 5.74) is 2.50. The topological polar surface area (TPSA) is 29.1 Å². The van der Waals surface area contributed by atoms with Crippen molar-refractivity contribution in [3.05, 3.63) is 77.9 Å². The molecular formula is C19H17NOS. The van der Waals surface area contributed by atoms with Gasteiger partial charge in [0.15, 0.2) is 0 Å². The van der Waals surface area contributed by atoms with Crippen LogP contribution in [0.2, 0.25) is 0 Å². The van der Waals surface area contributed by atoms with Crippen LogP contribution in [-0.2, 0) is 0 Å². The molecule has 0 radical (unpaired) electrons. The summed E-state index contributed by atoms with van der Waals surface area (Å²) in [5.74, 6) is -0.0989. The van der Waals surface area contributed by atoms with Crippen molar-refractivity contribution in [2.24, 2.45) is 0 Å². The van der Waals surface area contributed by atoms with Crippen molar-refractivity contribution in [2.75, 3.05) is 5.32 Å². The Morgan fingerprint density at radius 1 is 0.955 bits per heavy atom. The predicted octanol–water partition coefficient (Wildman–Crippen LogP) is 5.08. The van der Waals surface area contributed by atoms with E-state index >= 15 is 0 Å². The summed E-state index contributed by atoms with van der Waals surface area (Å²) in [6, 6.07) is 21.4. The van der Waals surface area contributed by atoms with Crippen molar-refractivity contribution in [3.63, 3.8) is 0 Å². The van der Waals surface area contributed by atoms with Gasteiger partial charge in [-0.1, -0.05) is 54.6 Å². The summed E-state index contributed by atoms with van der Waals surface area (Å²) in [7, 11) is 0. The highest BCUT2D eigenvalue weighted by molar-refractivity contribution is 7.80. The molecule has 3 aromatic rings. The number of fused-ring (bicyclic) bond motifs is 1. The molecule has 0 aromatic heterocycles. The number of hydrogen-bond acceptors (Lipinski definition) is 2. The fraction of sp³-hybridized carbons (Fsp3) is 0.105. The van der Waals surface area contributed by atoms with Gasteiger partial charge in [-0.15, -0.1) is 0 Å². The zero-order valence-corrected chi connectivity index (χ0v) is 13.2. The second-order valence-corrected chi connectivity index (χ2v) is 6.02. The van der Waals surface area contributed by atoms with Crippen LogP contribution in [0.3, 0.4) is 0 Å². The molecule has 0 fully saturated rings. The molecule has 0 heterocycles. The molecule has 0 aliphatic rings. The second-order valence-electron chi connectivity index (χ2n) is 5.24. The first-order valence-electron chi connectivity index (χ1n) is 7.23. The Bertz CT molecular complexity index is 821. The Kier molecular flexibility index (Phi) is 4.16. The first-order valence-corrected chi connectivity index (χ1v) is 7.74. The molecule has 3 aromatic carbocycles. The summed E-state index contributed by atoms with van der Waals surface area (Å²) in [5, 5.41) is 5.09. The molecule has 0 spiro atoms. The van der Waals surface area contributed by atoms with Crippen LogP contribution in [0.1, 0.15) is 28.1 Å². The minimum absolute atomic E-state index is 0.0593. The first kappa shape index (κ1) is 14.7. The predicted molar refractivity (Wildman–Crippen MR) is 95.7 cm³/mol. The van der Waals surface area contributed by atoms with Gasteiger partial charge in [0.2, 0.25) is 0 Å². The molecule has 0 saturated heterocycles. The summed E-state index contributed by atoms with van der Waals surface area (Å²) in [6.07, 6.45) is 0. The van der Waals surface area contributed by atoms with Crippen molar-refractivity contribution < 1.29 is 4.79 Å². The van der Waals surface area contributed by atoms with Gasteiger partial charge in [0, 0.05) is 16.5 Å². The average molecular weight is 307 g/mol. The molecule has 22 heavy (non-hydrogen) atoms. The lowest BCUT2D eigenvalue weighted by Gasteiger charge is -2.14. The Morgan fingerprint density at radius 2 is 1.64 bits per heavy atom. The van der Waals surface area contributed by atoms with Gasteiger partial charge in [-0.25, -0.2) is 0 Å². The van der Waals surface area contributed by atoms with Crippen molar-refractivity contribution in [2.45, 2.75) is 12.2 Å². The van der Waals surface area contributed by atoms with Crippen LogP contribution in [0.25, 0.3) is 10.8 Å². The highest BCUT2D eigenvalue weighted by atomic mass is 32.1. The van der Waals surface area contributed by atoms with Gasteiger partial charge in [0.25, 0.3) is 5.91 Å². The first-order chi connectivity index (χ1) is 10.7. The number of carbonyl (C=O) groups excluding carboxylic acids is 1. The minimum Gasteiger partial charge on any atom is -0.322 e. The zero-order valence-electron chi connectivity index (χ0n) is 12.3. The smallest absolute Gasteiger partial charge is 0.256 e. The number of para-hydroxylation sites is 1. The number of benzene rings is 3. The minimum atomic E-state index is -0.0989. The summed E-state index contributed by atoms with van der Waals surface area (Å²) in [4.78, 5) is 12.7. The third-order valence-electron chi connectivity index (χ3n) is 3.69. The van der Waals surface area contributed by atoms with E-state index in [-0.39, 0.29) is 11.2 Å². The summed E-state index contributed by atoms with van der Waals surface area (Å²) >= 11 is 4.47. The lowest BCUT2D eigenvalue weighted by molar-refractivity contribution is 0.102. The maximum absolute atomic E-state index is 12.7. The van der Waals surface area contributed by atoms with Crippen LogP contribution in [-0.4, -0.2) is 5.91 Å². The van der Waals surface area contributed by atoms with Gasteiger partial charge >= 0.3 is 0 Å². The fourth-order valence-corrected chi connectivity index (χ4v) is 2.81. The second kappa shape index (κ2) is 6.24. The summed E-state index contributed by atoms with van der Waals surface area (Å²) < 4.78 is 0. The lowest BCUT2D eigenvalue weighted by atomic mass is 10.0. The number of anilines is 1. The van der Waals surface area contributed by atoms with Crippen LogP contribution >= 0.6 is 12.6 Å². The SMILES string of the molecule is CC(S)c1ccccc1NC(=O)c1cccc2ccccc12. The largest absolute Gasteiger partial charge is 0.322 e. The van der Waals surface area contributed by atoms with Crippen molar-refractivity contribution >= 4 is 35.0 Å². The Hall–Kier alpha value is -2.26. The molecule has 1 unspecified atom stereocenters. The number of carbonyl (C=O) groups is 1. The van der Waals surface area contributed by atoms with E-state index < -0.39 is 0 Å². The van der Waals surface area contributed by atoms with Crippen LogP contribution in [0.15, 0.2) is 66.7 Å². The normalized spacial score (nSPS) is 12.1. The maximum atomic E-state index is 12.7. The molecule has 1 amide bonds. The highest BCUT2D eigenvalue weighted by Gasteiger charge is 2.13. The van der Waals surface area contributed by atoms with Crippen LogP contribution < -0.4 is 5.32 Å². The molecule has 110 valence electrons. The van der Waals surface area contributed by atoms with Crippen molar-refractivity contribution in [1.82, 2.24) is 0 Å². The van der Waals surface area contributed by atoms with Gasteiger partial charge in [-0.05, 0) is 35.4 Å². The molecular weight excluding hydrogens is 290 g/mol. The lowest BCUT2D eigenvalue weighted by Crippen LogP contribution is -2.13. The van der Waals surface area contributed by atoms with E-state index in [1.54, 1.807) is 0 Å². The van der Waals surface area contributed by atoms with Crippen LogP contribution in [0.4, 0.5) is 5.69 Å². The standard InChI is InChI=1S/C19H17NOS/c1-13(22)15-9-4-5-12-18(15)20-19(21)17-11-6-8-14-7-2-3-10-16(14)17/h2-13,22H,1H3,(H,20,21). The third kappa shape index (κ3) is 2.85. The van der Waals surface area contributed by atoms with Gasteiger partial charge in [0.05, 0.1) is 0 Å². The van der Waals surface area contributed by atoms with Gasteiger partial charge < -0.3 is 5.32 Å². The molecule has 0 saturated carbocycles. The van der Waals surface area contributed by atoms with E-state index in [1.807, 2.05) is 73.7 Å². The number of thiol groups is 1. The third-order valence-corrected chi connectivity index (χ3v) is 3.97. The molecule has 0 bridgehead atoms. The van der Waals surface area contributed by atoms with Crippen LogP contribution in [0.5, 0.6) is 0 Å². The summed E-state index contributed by atoms with van der Waals surface area (Å²) in [6.45, 7) is 1.99. The Labute approximate surface area is 135 Å². The quantitative estimate of drug-likeness (QED) is 0.649. The average Bonchev–Trinajstić information content (AvgIpc) is 2.54. The Morgan fingerprint density at radius 3 is 2.45 bits per heavy atom. The number of amides is 1. The number of nitrogens with one attached hydrogen (secondary N) is 1. The number of rotatable bonds is 3. The molecule has 3 rings (SSSR count). The number of hydrogen-bond donors (Lipinski definition) is 2. The molecule has 1 atom stereocenters. The van der Waals surface area contributed by atoms with E-state index in [1.165, 1.54) is 0 Å². The van der Waals surface area contributed by atoms with E-state index in [2.05, 4.69) is 17.9 Å². The Balaban J connectivity index is 1.98. The highest BCUT2D eigenvalue weighted by Crippen LogP contribution is 2.27. The van der Waals surface area contributed by atoms with Crippen molar-refractivity contribution in [1.29, 1.82) is 0 Å². The van der Waals surface area contributed by atoms with E-state index in [0.717, 1.165) is 22.0 Å². The molecule has 2 nitrogen and oxygen atoms in total. The van der Waals surface area contributed by atoms with Gasteiger partial charge in [0.1, 0.15) is 0 Å². The maximum Gasteiger partial charge on any atom is 0.256 e. The molecule has 0 aliphatic carbocycles. The monoisotopic (exact) mass is 307 g/mol. The van der Waals surface area contributed by atoms with E-state index in [0.29, 0.717) is 5.56 Å². The van der Waals surface area contributed by atoms with Crippen molar-refractivity contribution in [3.8, 4) is 0 Å². The van der Waals surface area contributed by atoms with E-state index in [9.17, 15) is 4.79 Å². The molecule has 0 aliphatic heterocycles. The zero-order chi connectivity index (χ0) is 15.5. The van der Waals surface area contributed by atoms with E-state index in [4.69, 9.17) is 0 Å². The van der Waals surface area contributed by atoms with Gasteiger partial charge in [-0.3, -0.25) is 4.79 Å². The fourth-order valence-electron chi connectivity index (χ4n) is 2.59. The van der Waals surface area contributed by atoms with Gasteiger partial charge in [-0.2, -0.15) is 12.6 Å². The van der Waals surface area contributed by atoms with Crippen LogP contribution in [0, 0.1) is 0 Å². The molecule has 3 heteroatoms.